The summed E-state index contributed by atoms with van der Waals surface area (Å²) < 4.78 is 26.7. The first-order chi connectivity index (χ1) is 11.4. The number of hydrogen-bond acceptors (Lipinski definition) is 4. The van der Waals surface area contributed by atoms with Crippen LogP contribution in [0.1, 0.15) is 10.5 Å². The third-order valence-electron chi connectivity index (χ3n) is 4.00. The fourth-order valence-corrected chi connectivity index (χ4v) is 3.83. The smallest absolute Gasteiger partial charge is 0.272 e. The number of para-hydroxylation sites is 1. The molecule has 1 aromatic heterocycles. The molecule has 1 aromatic carbocycles. The number of nitrogens with one attached hydrogen (secondary N) is 1. The SMILES string of the molecule is CS(=O)(=O)N1CCN(C(=O)c2c[nH]c(=S)n2-c2ccccc2)CC1. The lowest BCUT2D eigenvalue weighted by Crippen LogP contribution is -2.50. The molecule has 9 heteroatoms. The van der Waals surface area contributed by atoms with Crippen molar-refractivity contribution in [3.63, 3.8) is 0 Å². The van der Waals surface area contributed by atoms with Gasteiger partial charge in [-0.1, -0.05) is 18.2 Å². The van der Waals surface area contributed by atoms with E-state index in [-0.39, 0.29) is 5.91 Å². The first kappa shape index (κ1) is 16.9. The van der Waals surface area contributed by atoms with E-state index in [1.54, 1.807) is 15.7 Å². The van der Waals surface area contributed by atoms with E-state index in [1.807, 2.05) is 30.3 Å². The molecule has 0 aliphatic carbocycles. The van der Waals surface area contributed by atoms with E-state index < -0.39 is 10.0 Å². The number of imidazole rings is 1. The Balaban J connectivity index is 1.84. The first-order valence-corrected chi connectivity index (χ1v) is 9.74. The molecule has 128 valence electrons. The Morgan fingerprint density at radius 1 is 1.12 bits per heavy atom. The number of benzene rings is 1. The molecule has 0 spiro atoms. The number of carbonyl (C=O) groups excluding carboxylic acids is 1. The highest BCUT2D eigenvalue weighted by molar-refractivity contribution is 7.88. The van der Waals surface area contributed by atoms with Crippen molar-refractivity contribution in [1.29, 1.82) is 0 Å². The van der Waals surface area contributed by atoms with E-state index in [0.717, 1.165) is 5.69 Å². The Labute approximate surface area is 145 Å². The minimum absolute atomic E-state index is 0.167. The summed E-state index contributed by atoms with van der Waals surface area (Å²) >= 11 is 5.29. The molecule has 0 bridgehead atoms. The Kier molecular flexibility index (Phi) is 4.57. The van der Waals surface area contributed by atoms with Crippen LogP contribution in [-0.4, -0.2) is 65.5 Å². The minimum Gasteiger partial charge on any atom is -0.336 e. The predicted octanol–water partition coefficient (Wildman–Crippen LogP) is 1.25. The maximum absolute atomic E-state index is 12.8. The second-order valence-corrected chi connectivity index (χ2v) is 7.97. The molecule has 1 aliphatic rings. The Hall–Kier alpha value is -1.97. The molecule has 1 amide bonds. The van der Waals surface area contributed by atoms with Gasteiger partial charge in [-0.15, -0.1) is 0 Å². The zero-order valence-electron chi connectivity index (χ0n) is 13.2. The number of H-pyrrole nitrogens is 1. The highest BCUT2D eigenvalue weighted by Gasteiger charge is 2.28. The summed E-state index contributed by atoms with van der Waals surface area (Å²) in [7, 11) is -3.22. The quantitative estimate of drug-likeness (QED) is 0.830. The summed E-state index contributed by atoms with van der Waals surface area (Å²) in [5, 5.41) is 0. The number of aromatic nitrogens is 2. The fraction of sp³-hybridized carbons (Fsp3) is 0.333. The van der Waals surface area contributed by atoms with Gasteiger partial charge in [-0.3, -0.25) is 9.36 Å². The normalized spacial score (nSPS) is 16.3. The van der Waals surface area contributed by atoms with Crippen LogP contribution in [0.5, 0.6) is 0 Å². The molecule has 2 heterocycles. The van der Waals surface area contributed by atoms with Gasteiger partial charge < -0.3 is 9.88 Å². The largest absolute Gasteiger partial charge is 0.336 e. The monoisotopic (exact) mass is 366 g/mol. The van der Waals surface area contributed by atoms with Crippen LogP contribution in [0.3, 0.4) is 0 Å². The molecule has 1 fully saturated rings. The summed E-state index contributed by atoms with van der Waals surface area (Å²) in [6.07, 6.45) is 2.78. The van der Waals surface area contributed by atoms with E-state index in [1.165, 1.54) is 10.6 Å². The average Bonchev–Trinajstić information content (AvgIpc) is 2.96. The van der Waals surface area contributed by atoms with Crippen molar-refractivity contribution in [2.75, 3.05) is 32.4 Å². The third kappa shape index (κ3) is 3.28. The lowest BCUT2D eigenvalue weighted by molar-refractivity contribution is 0.0690. The molecular weight excluding hydrogens is 348 g/mol. The summed E-state index contributed by atoms with van der Waals surface area (Å²) in [4.78, 5) is 17.4. The van der Waals surface area contributed by atoms with Gasteiger partial charge in [0.05, 0.1) is 6.26 Å². The standard InChI is InChI=1S/C15H18N4O3S2/c1-24(21,22)18-9-7-17(8-10-18)14(20)13-11-16-15(23)19(13)12-5-3-2-4-6-12/h2-6,11H,7-10H2,1H3,(H,16,23). The Bertz CT molecular complexity index is 894. The Morgan fingerprint density at radius 3 is 2.33 bits per heavy atom. The topological polar surface area (TPSA) is 78.4 Å². The van der Waals surface area contributed by atoms with Crippen LogP contribution in [-0.2, 0) is 10.0 Å². The van der Waals surface area contributed by atoms with E-state index in [2.05, 4.69) is 4.98 Å². The number of hydrogen-bond donors (Lipinski definition) is 1. The molecule has 1 N–H and O–H groups in total. The van der Waals surface area contributed by atoms with Gasteiger partial charge in [-0.2, -0.15) is 4.31 Å². The van der Waals surface area contributed by atoms with Crippen molar-refractivity contribution in [3.05, 3.63) is 47.0 Å². The highest BCUT2D eigenvalue weighted by atomic mass is 32.2. The number of amides is 1. The van der Waals surface area contributed by atoms with Gasteiger partial charge in [0.1, 0.15) is 5.69 Å². The van der Waals surface area contributed by atoms with E-state index in [0.29, 0.717) is 36.6 Å². The van der Waals surface area contributed by atoms with Crippen LogP contribution < -0.4 is 0 Å². The molecule has 0 unspecified atom stereocenters. The van der Waals surface area contributed by atoms with E-state index in [9.17, 15) is 13.2 Å². The van der Waals surface area contributed by atoms with Gasteiger partial charge in [-0.25, -0.2) is 8.42 Å². The van der Waals surface area contributed by atoms with Crippen molar-refractivity contribution in [1.82, 2.24) is 18.8 Å². The number of piperazine rings is 1. The minimum atomic E-state index is -3.22. The van der Waals surface area contributed by atoms with Crippen molar-refractivity contribution in [2.45, 2.75) is 0 Å². The molecule has 2 aromatic rings. The zero-order chi connectivity index (χ0) is 17.3. The zero-order valence-corrected chi connectivity index (χ0v) is 14.8. The van der Waals surface area contributed by atoms with Crippen molar-refractivity contribution in [3.8, 4) is 5.69 Å². The second kappa shape index (κ2) is 6.50. The van der Waals surface area contributed by atoms with Gasteiger partial charge in [0.2, 0.25) is 10.0 Å². The number of carbonyl (C=O) groups is 1. The number of aromatic amines is 1. The maximum Gasteiger partial charge on any atom is 0.272 e. The molecule has 0 atom stereocenters. The molecule has 1 aliphatic heterocycles. The van der Waals surface area contributed by atoms with E-state index in [4.69, 9.17) is 12.2 Å². The molecular formula is C15H18N4O3S2. The third-order valence-corrected chi connectivity index (χ3v) is 5.61. The van der Waals surface area contributed by atoms with Gasteiger partial charge in [0.15, 0.2) is 4.77 Å². The summed E-state index contributed by atoms with van der Waals surface area (Å²) in [5.41, 5.74) is 1.25. The van der Waals surface area contributed by atoms with Crippen molar-refractivity contribution < 1.29 is 13.2 Å². The van der Waals surface area contributed by atoms with Gasteiger partial charge in [0.25, 0.3) is 5.91 Å². The maximum atomic E-state index is 12.8. The molecule has 7 nitrogen and oxygen atoms in total. The first-order valence-electron chi connectivity index (χ1n) is 7.48. The van der Waals surface area contributed by atoms with Crippen LogP contribution in [0, 0.1) is 4.77 Å². The lowest BCUT2D eigenvalue weighted by atomic mass is 10.3. The van der Waals surface area contributed by atoms with Crippen molar-refractivity contribution >= 4 is 28.1 Å². The van der Waals surface area contributed by atoms with Crippen LogP contribution >= 0.6 is 12.2 Å². The number of rotatable bonds is 3. The Morgan fingerprint density at radius 2 is 1.75 bits per heavy atom. The summed E-state index contributed by atoms with van der Waals surface area (Å²) in [6.45, 7) is 1.33. The van der Waals surface area contributed by atoms with Gasteiger partial charge in [0, 0.05) is 38.1 Å². The highest BCUT2D eigenvalue weighted by Crippen LogP contribution is 2.16. The molecule has 0 saturated carbocycles. The number of nitrogens with zero attached hydrogens (tertiary/aromatic N) is 3. The second-order valence-electron chi connectivity index (χ2n) is 5.60. The van der Waals surface area contributed by atoms with Gasteiger partial charge in [-0.05, 0) is 24.4 Å². The van der Waals surface area contributed by atoms with Gasteiger partial charge >= 0.3 is 0 Å². The number of sulfonamides is 1. The predicted molar refractivity (Wildman–Crippen MR) is 93.3 cm³/mol. The van der Waals surface area contributed by atoms with Crippen LogP contribution in [0.2, 0.25) is 0 Å². The van der Waals surface area contributed by atoms with Crippen molar-refractivity contribution in [2.24, 2.45) is 0 Å². The van der Waals surface area contributed by atoms with Crippen LogP contribution in [0.4, 0.5) is 0 Å². The fourth-order valence-electron chi connectivity index (χ4n) is 2.74. The lowest BCUT2D eigenvalue weighted by Gasteiger charge is -2.33. The molecule has 0 radical (unpaired) electrons. The molecule has 1 saturated heterocycles. The molecule has 24 heavy (non-hydrogen) atoms. The van der Waals surface area contributed by atoms with E-state index >= 15 is 0 Å². The molecule has 3 rings (SSSR count). The van der Waals surface area contributed by atoms with Crippen LogP contribution in [0.15, 0.2) is 36.5 Å². The summed E-state index contributed by atoms with van der Waals surface area (Å²) in [6, 6.07) is 9.40. The van der Waals surface area contributed by atoms with Crippen LogP contribution in [0.25, 0.3) is 5.69 Å². The summed E-state index contributed by atoms with van der Waals surface area (Å²) in [5.74, 6) is -0.167. The average molecular weight is 366 g/mol.